The summed E-state index contributed by atoms with van der Waals surface area (Å²) in [5.41, 5.74) is 2.29. The van der Waals surface area contributed by atoms with Gasteiger partial charge in [0, 0.05) is 37.9 Å². The molecule has 15 heavy (non-hydrogen) atoms. The molecule has 0 aromatic carbocycles. The Hall–Kier alpha value is -0.930. The van der Waals surface area contributed by atoms with Crippen molar-refractivity contribution in [1.82, 2.24) is 15.2 Å². The third-order valence-electron chi connectivity index (χ3n) is 2.95. The highest BCUT2D eigenvalue weighted by Gasteiger charge is 2.17. The predicted molar refractivity (Wildman–Crippen MR) is 61.7 cm³/mol. The molecule has 1 aliphatic heterocycles. The molecule has 1 aliphatic rings. The number of hydrogen-bond acceptors (Lipinski definition) is 3. The maximum Gasteiger partial charge on any atom is 0.0547 e. The summed E-state index contributed by atoms with van der Waals surface area (Å²) in [6, 6.07) is 6.86. The molecule has 0 spiro atoms. The Balaban J connectivity index is 2.01. The quantitative estimate of drug-likeness (QED) is 0.786. The van der Waals surface area contributed by atoms with E-state index >= 15 is 0 Å². The molecule has 1 fully saturated rings. The van der Waals surface area contributed by atoms with Gasteiger partial charge >= 0.3 is 0 Å². The van der Waals surface area contributed by atoms with Crippen LogP contribution in [0.5, 0.6) is 0 Å². The van der Waals surface area contributed by atoms with Crippen LogP contribution in [-0.2, 0) is 6.54 Å². The molecule has 82 valence electrons. The number of rotatable bonds is 2. The van der Waals surface area contributed by atoms with Crippen LogP contribution in [0.2, 0.25) is 0 Å². The van der Waals surface area contributed by atoms with Crippen LogP contribution in [0.25, 0.3) is 0 Å². The van der Waals surface area contributed by atoms with Crippen LogP contribution in [0.15, 0.2) is 18.2 Å². The Kier molecular flexibility index (Phi) is 3.34. The van der Waals surface area contributed by atoms with Crippen molar-refractivity contribution < 1.29 is 0 Å². The first kappa shape index (κ1) is 10.6. The Morgan fingerprint density at radius 3 is 3.13 bits per heavy atom. The molecular formula is C12H19N3. The van der Waals surface area contributed by atoms with E-state index in [1.165, 1.54) is 5.69 Å². The van der Waals surface area contributed by atoms with Crippen LogP contribution in [0.4, 0.5) is 0 Å². The van der Waals surface area contributed by atoms with Crippen molar-refractivity contribution in [1.29, 1.82) is 0 Å². The lowest BCUT2D eigenvalue weighted by Gasteiger charge is -2.33. The molecule has 1 saturated heterocycles. The summed E-state index contributed by atoms with van der Waals surface area (Å²) in [5.74, 6) is 0. The van der Waals surface area contributed by atoms with Crippen molar-refractivity contribution in [3.8, 4) is 0 Å². The Morgan fingerprint density at radius 1 is 1.53 bits per heavy atom. The molecule has 1 N–H and O–H groups in total. The first-order valence-corrected chi connectivity index (χ1v) is 5.63. The number of nitrogens with one attached hydrogen (secondary N) is 1. The topological polar surface area (TPSA) is 28.2 Å². The van der Waals surface area contributed by atoms with Gasteiger partial charge in [-0.2, -0.15) is 0 Å². The lowest BCUT2D eigenvalue weighted by Crippen LogP contribution is -2.49. The van der Waals surface area contributed by atoms with Crippen molar-refractivity contribution in [2.24, 2.45) is 0 Å². The van der Waals surface area contributed by atoms with E-state index in [1.54, 1.807) is 0 Å². The van der Waals surface area contributed by atoms with Crippen molar-refractivity contribution in [3.63, 3.8) is 0 Å². The molecule has 2 rings (SSSR count). The van der Waals surface area contributed by atoms with Crippen LogP contribution in [-0.4, -0.2) is 35.6 Å². The third-order valence-corrected chi connectivity index (χ3v) is 2.95. The normalized spacial score (nSPS) is 22.9. The van der Waals surface area contributed by atoms with E-state index in [4.69, 9.17) is 0 Å². The monoisotopic (exact) mass is 205 g/mol. The van der Waals surface area contributed by atoms with Crippen molar-refractivity contribution in [2.45, 2.75) is 26.4 Å². The zero-order valence-electron chi connectivity index (χ0n) is 9.53. The highest BCUT2D eigenvalue weighted by atomic mass is 15.2. The van der Waals surface area contributed by atoms with Gasteiger partial charge in [0.25, 0.3) is 0 Å². The minimum absolute atomic E-state index is 0.612. The molecule has 0 amide bonds. The summed E-state index contributed by atoms with van der Waals surface area (Å²) in [6.45, 7) is 8.59. The fourth-order valence-corrected chi connectivity index (χ4v) is 2.01. The van der Waals surface area contributed by atoms with Gasteiger partial charge in [-0.1, -0.05) is 6.07 Å². The van der Waals surface area contributed by atoms with E-state index in [0.717, 1.165) is 31.9 Å². The fourth-order valence-electron chi connectivity index (χ4n) is 2.01. The van der Waals surface area contributed by atoms with Crippen molar-refractivity contribution in [2.75, 3.05) is 19.6 Å². The summed E-state index contributed by atoms with van der Waals surface area (Å²) in [4.78, 5) is 7.02. The van der Waals surface area contributed by atoms with Gasteiger partial charge in [-0.15, -0.1) is 0 Å². The van der Waals surface area contributed by atoms with E-state index in [1.807, 2.05) is 13.0 Å². The number of aromatic nitrogens is 1. The molecule has 3 nitrogen and oxygen atoms in total. The second-order valence-electron chi connectivity index (χ2n) is 4.29. The van der Waals surface area contributed by atoms with Crippen LogP contribution >= 0.6 is 0 Å². The van der Waals surface area contributed by atoms with E-state index in [9.17, 15) is 0 Å². The van der Waals surface area contributed by atoms with E-state index in [2.05, 4.69) is 34.3 Å². The number of aryl methyl sites for hydroxylation is 1. The predicted octanol–water partition coefficient (Wildman–Crippen LogP) is 1.18. The van der Waals surface area contributed by atoms with Crippen LogP contribution < -0.4 is 5.32 Å². The highest BCUT2D eigenvalue weighted by Crippen LogP contribution is 2.08. The first-order valence-electron chi connectivity index (χ1n) is 5.63. The second-order valence-corrected chi connectivity index (χ2v) is 4.29. The van der Waals surface area contributed by atoms with Gasteiger partial charge in [0.15, 0.2) is 0 Å². The molecule has 1 atom stereocenters. The first-order chi connectivity index (χ1) is 7.25. The summed E-state index contributed by atoms with van der Waals surface area (Å²) >= 11 is 0. The molecule has 1 aromatic heterocycles. The van der Waals surface area contributed by atoms with Gasteiger partial charge in [0.2, 0.25) is 0 Å². The minimum Gasteiger partial charge on any atom is -0.314 e. The van der Waals surface area contributed by atoms with Crippen LogP contribution in [0.1, 0.15) is 18.3 Å². The van der Waals surface area contributed by atoms with Crippen molar-refractivity contribution >= 4 is 0 Å². The SMILES string of the molecule is Cc1cccc(CN2CCNC[C@@H]2C)n1. The molecule has 0 unspecified atom stereocenters. The zero-order valence-corrected chi connectivity index (χ0v) is 9.53. The van der Waals surface area contributed by atoms with Gasteiger partial charge in [0.05, 0.1) is 5.69 Å². The molecule has 0 radical (unpaired) electrons. The van der Waals surface area contributed by atoms with E-state index < -0.39 is 0 Å². The summed E-state index contributed by atoms with van der Waals surface area (Å²) in [5, 5.41) is 3.40. The van der Waals surface area contributed by atoms with E-state index in [0.29, 0.717) is 6.04 Å². The fraction of sp³-hybridized carbons (Fsp3) is 0.583. The Morgan fingerprint density at radius 2 is 2.40 bits per heavy atom. The average Bonchev–Trinajstić information content (AvgIpc) is 2.22. The van der Waals surface area contributed by atoms with Crippen LogP contribution in [0, 0.1) is 6.92 Å². The Labute approximate surface area is 91.5 Å². The number of piperazine rings is 1. The minimum atomic E-state index is 0.612. The molecular weight excluding hydrogens is 186 g/mol. The lowest BCUT2D eigenvalue weighted by atomic mass is 10.2. The van der Waals surface area contributed by atoms with Gasteiger partial charge in [-0.3, -0.25) is 9.88 Å². The molecule has 3 heteroatoms. The molecule has 1 aromatic rings. The van der Waals surface area contributed by atoms with Gasteiger partial charge in [0.1, 0.15) is 0 Å². The third kappa shape index (κ3) is 2.76. The molecule has 0 bridgehead atoms. The highest BCUT2D eigenvalue weighted by molar-refractivity contribution is 5.10. The summed E-state index contributed by atoms with van der Waals surface area (Å²) in [7, 11) is 0. The maximum atomic E-state index is 4.54. The van der Waals surface area contributed by atoms with Crippen molar-refractivity contribution in [3.05, 3.63) is 29.6 Å². The standard InChI is InChI=1S/C12H19N3/c1-10-4-3-5-12(14-10)9-15-7-6-13-8-11(15)2/h3-5,11,13H,6-9H2,1-2H3/t11-/m0/s1. The van der Waals surface area contributed by atoms with Gasteiger partial charge < -0.3 is 5.32 Å². The summed E-state index contributed by atoms with van der Waals surface area (Å²) < 4.78 is 0. The number of nitrogens with zero attached hydrogens (tertiary/aromatic N) is 2. The summed E-state index contributed by atoms with van der Waals surface area (Å²) in [6.07, 6.45) is 0. The molecule has 0 saturated carbocycles. The van der Waals surface area contributed by atoms with Crippen LogP contribution in [0.3, 0.4) is 0 Å². The lowest BCUT2D eigenvalue weighted by molar-refractivity contribution is 0.163. The van der Waals surface area contributed by atoms with E-state index in [-0.39, 0.29) is 0 Å². The average molecular weight is 205 g/mol. The van der Waals surface area contributed by atoms with Gasteiger partial charge in [-0.05, 0) is 26.0 Å². The maximum absolute atomic E-state index is 4.54. The molecule has 2 heterocycles. The molecule has 0 aliphatic carbocycles. The van der Waals surface area contributed by atoms with Gasteiger partial charge in [-0.25, -0.2) is 0 Å². The number of pyridine rings is 1. The number of hydrogen-bond donors (Lipinski definition) is 1. The largest absolute Gasteiger partial charge is 0.314 e. The Bertz CT molecular complexity index is 324. The smallest absolute Gasteiger partial charge is 0.0547 e. The second kappa shape index (κ2) is 4.73. The zero-order chi connectivity index (χ0) is 10.7.